The van der Waals surface area contributed by atoms with Crippen LogP contribution in [0.3, 0.4) is 0 Å². The number of halogens is 1. The van der Waals surface area contributed by atoms with Gasteiger partial charge in [-0.15, -0.1) is 0 Å². The molecule has 0 bridgehead atoms. The third-order valence-electron chi connectivity index (χ3n) is 4.31. The Hall–Kier alpha value is -3.25. The fraction of sp³-hybridized carbons (Fsp3) is 0.0455. The molecule has 0 unspecified atom stereocenters. The first-order valence-electron chi connectivity index (χ1n) is 8.62. The number of aromatic nitrogens is 2. The Balaban J connectivity index is 1.94. The molecule has 0 aliphatic heterocycles. The van der Waals surface area contributed by atoms with E-state index in [-0.39, 0.29) is 5.56 Å². The molecule has 5 nitrogen and oxygen atoms in total. The van der Waals surface area contributed by atoms with Crippen molar-refractivity contribution in [1.29, 1.82) is 0 Å². The average Bonchev–Trinajstić information content (AvgIpc) is 2.74. The second-order valence-corrected chi connectivity index (χ2v) is 6.98. The monoisotopic (exact) mass is 433 g/mol. The van der Waals surface area contributed by atoms with Crippen LogP contribution in [0.15, 0.2) is 87.2 Å². The first-order valence-corrected chi connectivity index (χ1v) is 9.42. The van der Waals surface area contributed by atoms with Crippen molar-refractivity contribution in [2.75, 3.05) is 7.11 Å². The zero-order valence-corrected chi connectivity index (χ0v) is 16.6. The Kier molecular flexibility index (Phi) is 5.04. The molecule has 0 radical (unpaired) electrons. The van der Waals surface area contributed by atoms with Crippen molar-refractivity contribution >= 4 is 33.0 Å². The minimum Gasteiger partial charge on any atom is -0.496 e. The van der Waals surface area contributed by atoms with Crippen LogP contribution in [-0.4, -0.2) is 23.0 Å². The molecule has 0 aliphatic rings. The summed E-state index contributed by atoms with van der Waals surface area (Å²) in [4.78, 5) is 17.8. The van der Waals surface area contributed by atoms with Crippen molar-refractivity contribution in [2.45, 2.75) is 0 Å². The van der Waals surface area contributed by atoms with E-state index in [0.29, 0.717) is 22.5 Å². The summed E-state index contributed by atoms with van der Waals surface area (Å²) in [6.45, 7) is 0. The van der Waals surface area contributed by atoms with Crippen molar-refractivity contribution in [3.8, 4) is 17.1 Å². The van der Waals surface area contributed by atoms with Crippen LogP contribution >= 0.6 is 15.9 Å². The number of hydrogen-bond donors (Lipinski definition) is 0. The largest absolute Gasteiger partial charge is 0.496 e. The summed E-state index contributed by atoms with van der Waals surface area (Å²) in [5, 5.41) is 4.97. The van der Waals surface area contributed by atoms with Gasteiger partial charge >= 0.3 is 0 Å². The van der Waals surface area contributed by atoms with Gasteiger partial charge < -0.3 is 4.74 Å². The first kappa shape index (κ1) is 18.1. The smallest absolute Gasteiger partial charge is 0.282 e. The number of benzene rings is 3. The zero-order valence-electron chi connectivity index (χ0n) is 15.0. The normalized spacial score (nSPS) is 11.2. The minimum atomic E-state index is -0.227. The number of para-hydroxylation sites is 2. The number of methoxy groups -OCH3 is 1. The van der Waals surface area contributed by atoms with E-state index in [1.54, 1.807) is 19.4 Å². The van der Waals surface area contributed by atoms with E-state index >= 15 is 0 Å². The third-order valence-corrected chi connectivity index (χ3v) is 4.84. The number of hydrogen-bond acceptors (Lipinski definition) is 4. The van der Waals surface area contributed by atoms with Crippen molar-refractivity contribution in [1.82, 2.24) is 9.66 Å². The van der Waals surface area contributed by atoms with Gasteiger partial charge in [0.05, 0.1) is 24.2 Å². The minimum absolute atomic E-state index is 0.227. The van der Waals surface area contributed by atoms with Gasteiger partial charge in [0, 0.05) is 15.6 Å². The summed E-state index contributed by atoms with van der Waals surface area (Å²) in [6.07, 6.45) is 1.61. The molecule has 28 heavy (non-hydrogen) atoms. The second kappa shape index (κ2) is 7.78. The molecule has 1 heterocycles. The number of nitrogens with zero attached hydrogens (tertiary/aromatic N) is 3. The number of rotatable bonds is 4. The first-order chi connectivity index (χ1) is 13.7. The molecule has 0 saturated carbocycles. The summed E-state index contributed by atoms with van der Waals surface area (Å²) in [5.74, 6) is 1.15. The number of fused-ring (bicyclic) bond motifs is 1. The SMILES string of the molecule is COc1ccccc1C=Nn1c(-c2ccc(Br)cc2)nc2ccccc2c1=O. The van der Waals surface area contributed by atoms with E-state index in [9.17, 15) is 4.79 Å². The fourth-order valence-corrected chi connectivity index (χ4v) is 3.17. The van der Waals surface area contributed by atoms with Crippen molar-refractivity contribution < 1.29 is 4.74 Å². The van der Waals surface area contributed by atoms with Gasteiger partial charge in [-0.05, 0) is 36.4 Å². The Morgan fingerprint density at radius 2 is 1.71 bits per heavy atom. The van der Waals surface area contributed by atoms with Crippen LogP contribution in [-0.2, 0) is 0 Å². The molecule has 0 atom stereocenters. The maximum absolute atomic E-state index is 13.1. The van der Waals surface area contributed by atoms with Crippen LogP contribution in [0.25, 0.3) is 22.3 Å². The van der Waals surface area contributed by atoms with E-state index in [0.717, 1.165) is 15.6 Å². The van der Waals surface area contributed by atoms with E-state index in [2.05, 4.69) is 21.0 Å². The highest BCUT2D eigenvalue weighted by atomic mass is 79.9. The lowest BCUT2D eigenvalue weighted by Crippen LogP contribution is -2.20. The molecule has 0 spiro atoms. The molecule has 1 aromatic heterocycles. The van der Waals surface area contributed by atoms with Gasteiger partial charge in [-0.2, -0.15) is 9.78 Å². The molecule has 138 valence electrons. The number of ether oxygens (including phenoxy) is 1. The molecule has 4 aromatic rings. The molecular weight excluding hydrogens is 418 g/mol. The van der Waals surface area contributed by atoms with E-state index in [1.807, 2.05) is 66.7 Å². The topological polar surface area (TPSA) is 56.5 Å². The van der Waals surface area contributed by atoms with E-state index in [4.69, 9.17) is 9.72 Å². The Bertz CT molecular complexity index is 1230. The maximum Gasteiger partial charge on any atom is 0.282 e. The van der Waals surface area contributed by atoms with Gasteiger partial charge in [-0.3, -0.25) is 4.79 Å². The van der Waals surface area contributed by atoms with Crippen LogP contribution < -0.4 is 10.3 Å². The van der Waals surface area contributed by atoms with Crippen LogP contribution in [0.4, 0.5) is 0 Å². The molecule has 0 N–H and O–H groups in total. The molecule has 0 saturated heterocycles. The fourth-order valence-electron chi connectivity index (χ4n) is 2.91. The summed E-state index contributed by atoms with van der Waals surface area (Å²) in [7, 11) is 1.60. The molecule has 0 fully saturated rings. The van der Waals surface area contributed by atoms with Crippen molar-refractivity contribution in [3.05, 3.63) is 93.2 Å². The lowest BCUT2D eigenvalue weighted by atomic mass is 10.2. The van der Waals surface area contributed by atoms with Crippen LogP contribution in [0.2, 0.25) is 0 Å². The van der Waals surface area contributed by atoms with Gasteiger partial charge in [0.1, 0.15) is 5.75 Å². The van der Waals surface area contributed by atoms with Gasteiger partial charge in [0.2, 0.25) is 0 Å². The zero-order chi connectivity index (χ0) is 19.5. The molecule has 3 aromatic carbocycles. The summed E-state index contributed by atoms with van der Waals surface area (Å²) in [5.41, 5.74) is 1.97. The highest BCUT2D eigenvalue weighted by Gasteiger charge is 2.12. The molecule has 0 amide bonds. The summed E-state index contributed by atoms with van der Waals surface area (Å²) in [6, 6.07) is 22.4. The molecular formula is C22H16BrN3O2. The lowest BCUT2D eigenvalue weighted by Gasteiger charge is -2.10. The Morgan fingerprint density at radius 1 is 1.00 bits per heavy atom. The second-order valence-electron chi connectivity index (χ2n) is 6.06. The van der Waals surface area contributed by atoms with E-state index in [1.165, 1.54) is 4.68 Å². The third kappa shape index (κ3) is 3.46. The van der Waals surface area contributed by atoms with Crippen molar-refractivity contribution in [3.63, 3.8) is 0 Å². The van der Waals surface area contributed by atoms with Crippen LogP contribution in [0.1, 0.15) is 5.56 Å². The standard InChI is InChI=1S/C22H16BrN3O2/c1-28-20-9-5-2-6-16(20)14-24-26-21(15-10-12-17(23)13-11-15)25-19-8-4-3-7-18(19)22(26)27/h2-14H,1H3. The summed E-state index contributed by atoms with van der Waals surface area (Å²) < 4.78 is 7.64. The van der Waals surface area contributed by atoms with Gasteiger partial charge in [0.15, 0.2) is 5.82 Å². The van der Waals surface area contributed by atoms with Crippen LogP contribution in [0, 0.1) is 0 Å². The molecule has 6 heteroatoms. The highest BCUT2D eigenvalue weighted by Crippen LogP contribution is 2.22. The average molecular weight is 434 g/mol. The van der Waals surface area contributed by atoms with Crippen molar-refractivity contribution in [2.24, 2.45) is 5.10 Å². The molecule has 0 aliphatic carbocycles. The maximum atomic E-state index is 13.1. The quantitative estimate of drug-likeness (QED) is 0.437. The summed E-state index contributed by atoms with van der Waals surface area (Å²) >= 11 is 3.44. The Labute approximate surface area is 170 Å². The Morgan fingerprint density at radius 3 is 2.50 bits per heavy atom. The van der Waals surface area contributed by atoms with E-state index < -0.39 is 0 Å². The predicted molar refractivity (Wildman–Crippen MR) is 115 cm³/mol. The van der Waals surface area contributed by atoms with Gasteiger partial charge in [0.25, 0.3) is 5.56 Å². The lowest BCUT2D eigenvalue weighted by molar-refractivity contribution is 0.414. The van der Waals surface area contributed by atoms with Crippen LogP contribution in [0.5, 0.6) is 5.75 Å². The predicted octanol–water partition coefficient (Wildman–Crippen LogP) is 4.72. The van der Waals surface area contributed by atoms with Gasteiger partial charge in [-0.25, -0.2) is 4.98 Å². The highest BCUT2D eigenvalue weighted by molar-refractivity contribution is 9.10. The molecule has 4 rings (SSSR count). The van der Waals surface area contributed by atoms with Gasteiger partial charge in [-0.1, -0.05) is 52.3 Å².